The van der Waals surface area contributed by atoms with Crippen LogP contribution in [0.3, 0.4) is 0 Å². The summed E-state index contributed by atoms with van der Waals surface area (Å²) < 4.78 is 27.0. The van der Waals surface area contributed by atoms with Crippen LogP contribution in [0.5, 0.6) is 0 Å². The fraction of sp³-hybridized carbons (Fsp3) is 0.316. The monoisotopic (exact) mass is 358 g/mol. The summed E-state index contributed by atoms with van der Waals surface area (Å²) in [6.45, 7) is 5.32. The first kappa shape index (κ1) is 17.6. The Bertz CT molecular complexity index is 888. The maximum Gasteiger partial charge on any atom is 0.281 e. The molecule has 0 aliphatic carbocycles. The van der Waals surface area contributed by atoms with E-state index in [2.05, 4.69) is 5.10 Å². The van der Waals surface area contributed by atoms with Crippen LogP contribution >= 0.6 is 0 Å². The van der Waals surface area contributed by atoms with Gasteiger partial charge in [0.25, 0.3) is 10.0 Å². The predicted molar refractivity (Wildman–Crippen MR) is 97.6 cm³/mol. The van der Waals surface area contributed by atoms with Crippen LogP contribution in [0.15, 0.2) is 64.6 Å². The van der Waals surface area contributed by atoms with Crippen molar-refractivity contribution in [2.45, 2.75) is 37.8 Å². The molecule has 2 unspecified atom stereocenters. The summed E-state index contributed by atoms with van der Waals surface area (Å²) in [5, 5.41) is 15.1. The van der Waals surface area contributed by atoms with E-state index in [1.807, 2.05) is 44.2 Å². The van der Waals surface area contributed by atoms with Gasteiger partial charge >= 0.3 is 0 Å². The van der Waals surface area contributed by atoms with Gasteiger partial charge in [0.05, 0.1) is 10.6 Å². The number of hydrazone groups is 1. The molecule has 132 valence electrons. The van der Waals surface area contributed by atoms with Crippen LogP contribution in [0.4, 0.5) is 0 Å². The summed E-state index contributed by atoms with van der Waals surface area (Å²) in [5.74, 6) is -0.0677. The number of benzene rings is 2. The van der Waals surface area contributed by atoms with Crippen molar-refractivity contribution in [1.29, 1.82) is 0 Å². The zero-order valence-electron chi connectivity index (χ0n) is 14.5. The van der Waals surface area contributed by atoms with Gasteiger partial charge in [0, 0.05) is 12.3 Å². The summed E-state index contributed by atoms with van der Waals surface area (Å²) in [6, 6.07) is 16.0. The van der Waals surface area contributed by atoms with Crippen molar-refractivity contribution < 1.29 is 13.5 Å². The molecule has 5 nitrogen and oxygen atoms in total. The highest BCUT2D eigenvalue weighted by Crippen LogP contribution is 2.34. The Morgan fingerprint density at radius 2 is 1.72 bits per heavy atom. The third-order valence-electron chi connectivity index (χ3n) is 4.39. The molecule has 1 aliphatic heterocycles. The third-order valence-corrected chi connectivity index (χ3v) is 6.18. The second-order valence-corrected chi connectivity index (χ2v) is 8.50. The molecule has 1 N–H and O–H groups in total. The predicted octanol–water partition coefficient (Wildman–Crippen LogP) is 3.14. The summed E-state index contributed by atoms with van der Waals surface area (Å²) in [7, 11) is -3.95. The number of hydrogen-bond acceptors (Lipinski definition) is 4. The Hall–Kier alpha value is -2.18. The number of rotatable bonds is 3. The molecule has 1 aliphatic rings. The Morgan fingerprint density at radius 3 is 2.32 bits per heavy atom. The Balaban J connectivity index is 2.11. The number of sulfonamides is 1. The molecular formula is C19H22N2O3S. The van der Waals surface area contributed by atoms with E-state index < -0.39 is 15.7 Å². The van der Waals surface area contributed by atoms with E-state index in [0.717, 1.165) is 15.5 Å². The molecule has 0 fully saturated rings. The maximum absolute atomic E-state index is 13.1. The van der Waals surface area contributed by atoms with E-state index >= 15 is 0 Å². The van der Waals surface area contributed by atoms with E-state index in [1.54, 1.807) is 12.1 Å². The normalized spacial score (nSPS) is 24.1. The zero-order chi connectivity index (χ0) is 18.2. The molecule has 3 rings (SSSR count). The summed E-state index contributed by atoms with van der Waals surface area (Å²) in [5.41, 5.74) is 0.894. The number of aryl methyl sites for hydroxylation is 1. The van der Waals surface area contributed by atoms with Gasteiger partial charge in [-0.1, -0.05) is 55.0 Å². The van der Waals surface area contributed by atoms with Crippen molar-refractivity contribution in [2.75, 3.05) is 0 Å². The highest BCUT2D eigenvalue weighted by Gasteiger charge is 2.44. The first-order chi connectivity index (χ1) is 11.7. The molecule has 2 aromatic carbocycles. The number of hydrogen-bond donors (Lipinski definition) is 1. The molecule has 0 saturated heterocycles. The van der Waals surface area contributed by atoms with Gasteiger partial charge in [-0.2, -0.15) is 17.9 Å². The van der Waals surface area contributed by atoms with Crippen molar-refractivity contribution in [2.24, 2.45) is 11.0 Å². The Kier molecular flexibility index (Phi) is 4.43. The van der Waals surface area contributed by atoms with Gasteiger partial charge in [-0.05, 0) is 31.5 Å². The lowest BCUT2D eigenvalue weighted by Crippen LogP contribution is -2.51. The van der Waals surface area contributed by atoms with E-state index in [9.17, 15) is 13.5 Å². The molecular weight excluding hydrogens is 336 g/mol. The molecule has 6 heteroatoms. The first-order valence-corrected chi connectivity index (χ1v) is 9.64. The van der Waals surface area contributed by atoms with Gasteiger partial charge in [0.15, 0.2) is 5.72 Å². The topological polar surface area (TPSA) is 70.0 Å². The van der Waals surface area contributed by atoms with Gasteiger partial charge < -0.3 is 5.11 Å². The molecule has 0 aromatic heterocycles. The molecule has 2 aromatic rings. The second-order valence-electron chi connectivity index (χ2n) is 6.73. The Morgan fingerprint density at radius 1 is 1.12 bits per heavy atom. The van der Waals surface area contributed by atoms with Crippen molar-refractivity contribution >= 4 is 15.7 Å². The quantitative estimate of drug-likeness (QED) is 0.916. The van der Waals surface area contributed by atoms with Crippen molar-refractivity contribution in [1.82, 2.24) is 4.41 Å². The van der Waals surface area contributed by atoms with E-state index in [1.165, 1.54) is 19.1 Å². The van der Waals surface area contributed by atoms with E-state index in [-0.39, 0.29) is 17.2 Å². The van der Waals surface area contributed by atoms with E-state index in [4.69, 9.17) is 0 Å². The second kappa shape index (κ2) is 6.28. The fourth-order valence-corrected chi connectivity index (χ4v) is 4.60. The molecule has 1 heterocycles. The molecule has 0 spiro atoms. The lowest BCUT2D eigenvalue weighted by molar-refractivity contribution is -0.0626. The molecule has 0 radical (unpaired) electrons. The molecule has 0 bridgehead atoms. The van der Waals surface area contributed by atoms with Crippen molar-refractivity contribution in [3.63, 3.8) is 0 Å². The van der Waals surface area contributed by atoms with Gasteiger partial charge in [0.2, 0.25) is 0 Å². The zero-order valence-corrected chi connectivity index (χ0v) is 15.4. The van der Waals surface area contributed by atoms with Crippen molar-refractivity contribution in [3.05, 3.63) is 65.7 Å². The largest absolute Gasteiger partial charge is 0.369 e. The van der Waals surface area contributed by atoms with Crippen LogP contribution in [0.2, 0.25) is 0 Å². The summed E-state index contributed by atoms with van der Waals surface area (Å²) in [4.78, 5) is 0.115. The third kappa shape index (κ3) is 3.32. The lowest BCUT2D eigenvalue weighted by Gasteiger charge is -2.40. The van der Waals surface area contributed by atoms with Crippen LogP contribution in [0, 0.1) is 12.8 Å². The molecule has 2 atom stereocenters. The standard InChI is InChI=1S/C19H22N2O3S/c1-14-9-11-17(12-10-14)25(23,24)21-19(3,22)13-15(2)18(20-21)16-7-5-4-6-8-16/h4-12,15,22H,13H2,1-3H3. The highest BCUT2D eigenvalue weighted by molar-refractivity contribution is 7.89. The average molecular weight is 358 g/mol. The van der Waals surface area contributed by atoms with Crippen LogP contribution in [-0.4, -0.2) is 29.4 Å². The highest BCUT2D eigenvalue weighted by atomic mass is 32.2. The number of nitrogens with zero attached hydrogens (tertiary/aromatic N) is 2. The minimum absolute atomic E-state index is 0.0677. The van der Waals surface area contributed by atoms with Crippen LogP contribution in [0.1, 0.15) is 31.4 Å². The molecule has 0 amide bonds. The number of aliphatic hydroxyl groups is 1. The van der Waals surface area contributed by atoms with Crippen molar-refractivity contribution in [3.8, 4) is 0 Å². The van der Waals surface area contributed by atoms with Gasteiger partial charge in [0.1, 0.15) is 0 Å². The minimum Gasteiger partial charge on any atom is -0.369 e. The average Bonchev–Trinajstić information content (AvgIpc) is 2.55. The maximum atomic E-state index is 13.1. The van der Waals surface area contributed by atoms with Gasteiger partial charge in [-0.25, -0.2) is 0 Å². The molecule has 0 saturated carbocycles. The lowest BCUT2D eigenvalue weighted by atomic mass is 9.90. The Labute approximate surface area is 148 Å². The molecule has 25 heavy (non-hydrogen) atoms. The smallest absolute Gasteiger partial charge is 0.281 e. The van der Waals surface area contributed by atoms with E-state index in [0.29, 0.717) is 5.71 Å². The SMILES string of the molecule is Cc1ccc(S(=O)(=O)N2N=C(c3ccccc3)C(C)CC2(C)O)cc1. The summed E-state index contributed by atoms with van der Waals surface area (Å²) in [6.07, 6.45) is 0.270. The van der Waals surface area contributed by atoms with Gasteiger partial charge in [-0.15, -0.1) is 0 Å². The fourth-order valence-electron chi connectivity index (χ4n) is 3.13. The first-order valence-electron chi connectivity index (χ1n) is 8.20. The minimum atomic E-state index is -3.95. The van der Waals surface area contributed by atoms with Crippen LogP contribution < -0.4 is 0 Å². The van der Waals surface area contributed by atoms with Crippen LogP contribution in [-0.2, 0) is 10.0 Å². The summed E-state index contributed by atoms with van der Waals surface area (Å²) >= 11 is 0. The van der Waals surface area contributed by atoms with Gasteiger partial charge in [-0.3, -0.25) is 0 Å². The van der Waals surface area contributed by atoms with Crippen LogP contribution in [0.25, 0.3) is 0 Å².